The number of para-hydroxylation sites is 1. The number of fused-ring (bicyclic) bond motifs is 1. The monoisotopic (exact) mass is 323 g/mol. The van der Waals surface area contributed by atoms with Crippen molar-refractivity contribution < 1.29 is 19.4 Å². The van der Waals surface area contributed by atoms with Gasteiger partial charge in [0.25, 0.3) is 0 Å². The minimum atomic E-state index is -0.894. The Kier molecular flexibility index (Phi) is 4.44. The van der Waals surface area contributed by atoms with Crippen LogP contribution in [0.1, 0.15) is 33.2 Å². The van der Waals surface area contributed by atoms with E-state index < -0.39 is 12.1 Å². The predicted molar refractivity (Wildman–Crippen MR) is 89.9 cm³/mol. The van der Waals surface area contributed by atoms with Gasteiger partial charge in [-0.15, -0.1) is 0 Å². The smallest absolute Gasteiger partial charge is 0.338 e. The number of carbonyl (C=O) groups excluding carboxylic acids is 2. The molecule has 5 nitrogen and oxygen atoms in total. The number of rotatable bonds is 5. The van der Waals surface area contributed by atoms with Crippen LogP contribution in [-0.2, 0) is 11.3 Å². The zero-order chi connectivity index (χ0) is 17.1. The van der Waals surface area contributed by atoms with Crippen molar-refractivity contribution in [2.75, 3.05) is 0 Å². The SMILES string of the molecule is C[C@@H](OC(=O)c1ccc(CO)cc1)C(=O)c1c[nH]c2ccccc12. The summed E-state index contributed by atoms with van der Waals surface area (Å²) in [5.41, 5.74) is 2.40. The molecule has 0 spiro atoms. The van der Waals surface area contributed by atoms with Gasteiger partial charge in [0.1, 0.15) is 0 Å². The van der Waals surface area contributed by atoms with E-state index in [1.165, 1.54) is 0 Å². The second-order valence-electron chi connectivity index (χ2n) is 5.51. The van der Waals surface area contributed by atoms with Crippen LogP contribution in [0, 0.1) is 0 Å². The second kappa shape index (κ2) is 6.68. The summed E-state index contributed by atoms with van der Waals surface area (Å²) in [6, 6.07) is 13.9. The summed E-state index contributed by atoms with van der Waals surface area (Å²) in [6.45, 7) is 1.47. The highest BCUT2D eigenvalue weighted by Gasteiger charge is 2.22. The number of hydrogen-bond acceptors (Lipinski definition) is 4. The quantitative estimate of drug-likeness (QED) is 0.558. The lowest BCUT2D eigenvalue weighted by Crippen LogP contribution is -2.24. The summed E-state index contributed by atoms with van der Waals surface area (Å²) in [6.07, 6.45) is 0.738. The molecule has 1 heterocycles. The molecule has 0 saturated carbocycles. The Morgan fingerprint density at radius 3 is 2.54 bits per heavy atom. The van der Waals surface area contributed by atoms with Gasteiger partial charge in [-0.3, -0.25) is 4.79 Å². The van der Waals surface area contributed by atoms with E-state index in [0.717, 1.165) is 10.9 Å². The van der Waals surface area contributed by atoms with Crippen LogP contribution in [0.2, 0.25) is 0 Å². The molecule has 122 valence electrons. The maximum atomic E-state index is 12.6. The van der Waals surface area contributed by atoms with Crippen molar-refractivity contribution in [3.63, 3.8) is 0 Å². The number of hydrogen-bond donors (Lipinski definition) is 2. The molecule has 3 aromatic rings. The van der Waals surface area contributed by atoms with E-state index in [0.29, 0.717) is 16.7 Å². The molecule has 1 aromatic heterocycles. The fourth-order valence-electron chi connectivity index (χ4n) is 2.52. The summed E-state index contributed by atoms with van der Waals surface area (Å²) >= 11 is 0. The topological polar surface area (TPSA) is 79.4 Å². The summed E-state index contributed by atoms with van der Waals surface area (Å²) in [4.78, 5) is 27.7. The third-order valence-electron chi connectivity index (χ3n) is 3.88. The standard InChI is InChI=1S/C19H17NO4/c1-12(24-19(23)14-8-6-13(11-21)7-9-14)18(22)16-10-20-17-5-3-2-4-15(16)17/h2-10,12,20-21H,11H2,1H3/t12-/m1/s1. The summed E-state index contributed by atoms with van der Waals surface area (Å²) in [7, 11) is 0. The van der Waals surface area contributed by atoms with E-state index in [2.05, 4.69) is 4.98 Å². The number of aromatic amines is 1. The Morgan fingerprint density at radius 2 is 1.83 bits per heavy atom. The minimum Gasteiger partial charge on any atom is -0.451 e. The Hall–Kier alpha value is -2.92. The van der Waals surface area contributed by atoms with Crippen LogP contribution in [0.25, 0.3) is 10.9 Å². The molecular formula is C19H17NO4. The van der Waals surface area contributed by atoms with Crippen molar-refractivity contribution in [3.8, 4) is 0 Å². The van der Waals surface area contributed by atoms with Gasteiger partial charge in [0.05, 0.1) is 12.2 Å². The molecule has 3 rings (SSSR count). The van der Waals surface area contributed by atoms with Crippen molar-refractivity contribution in [1.82, 2.24) is 4.98 Å². The Balaban J connectivity index is 1.74. The lowest BCUT2D eigenvalue weighted by Gasteiger charge is -2.12. The Bertz CT molecular complexity index is 880. The molecular weight excluding hydrogens is 306 g/mol. The molecule has 0 fully saturated rings. The van der Waals surface area contributed by atoms with E-state index in [4.69, 9.17) is 9.84 Å². The van der Waals surface area contributed by atoms with Crippen LogP contribution >= 0.6 is 0 Å². The number of esters is 1. The highest BCUT2D eigenvalue weighted by molar-refractivity contribution is 6.10. The van der Waals surface area contributed by atoms with Crippen LogP contribution in [-0.4, -0.2) is 27.9 Å². The van der Waals surface area contributed by atoms with Crippen LogP contribution in [0.3, 0.4) is 0 Å². The Morgan fingerprint density at radius 1 is 1.12 bits per heavy atom. The largest absolute Gasteiger partial charge is 0.451 e. The maximum Gasteiger partial charge on any atom is 0.338 e. The molecule has 0 aliphatic carbocycles. The van der Waals surface area contributed by atoms with Crippen molar-refractivity contribution in [2.24, 2.45) is 0 Å². The number of carbonyl (C=O) groups is 2. The summed E-state index contributed by atoms with van der Waals surface area (Å²) in [5.74, 6) is -0.826. The lowest BCUT2D eigenvalue weighted by molar-refractivity contribution is 0.0319. The van der Waals surface area contributed by atoms with Gasteiger partial charge in [0, 0.05) is 22.7 Å². The van der Waals surface area contributed by atoms with Gasteiger partial charge in [-0.2, -0.15) is 0 Å². The molecule has 0 amide bonds. The molecule has 2 aromatic carbocycles. The number of ketones is 1. The van der Waals surface area contributed by atoms with Gasteiger partial charge in [-0.25, -0.2) is 4.79 Å². The number of aliphatic hydroxyl groups is 1. The van der Waals surface area contributed by atoms with E-state index >= 15 is 0 Å². The molecule has 1 atom stereocenters. The van der Waals surface area contributed by atoms with Crippen LogP contribution < -0.4 is 0 Å². The van der Waals surface area contributed by atoms with Crippen LogP contribution in [0.4, 0.5) is 0 Å². The third-order valence-corrected chi connectivity index (χ3v) is 3.88. The molecule has 0 bridgehead atoms. The number of aliphatic hydroxyl groups excluding tert-OH is 1. The van der Waals surface area contributed by atoms with Crippen molar-refractivity contribution in [2.45, 2.75) is 19.6 Å². The van der Waals surface area contributed by atoms with Crippen molar-refractivity contribution in [1.29, 1.82) is 0 Å². The van der Waals surface area contributed by atoms with Gasteiger partial charge in [0.2, 0.25) is 5.78 Å². The number of benzene rings is 2. The second-order valence-corrected chi connectivity index (χ2v) is 5.51. The average molecular weight is 323 g/mol. The van der Waals surface area contributed by atoms with E-state index in [1.807, 2.05) is 24.3 Å². The molecule has 0 unspecified atom stereocenters. The van der Waals surface area contributed by atoms with E-state index in [-0.39, 0.29) is 12.4 Å². The first-order valence-electron chi connectivity index (χ1n) is 7.61. The number of Topliss-reactive ketones (excluding diaryl/α,β-unsaturated/α-hetero) is 1. The summed E-state index contributed by atoms with van der Waals surface area (Å²) in [5, 5.41) is 9.82. The molecule has 5 heteroatoms. The third kappa shape index (κ3) is 3.07. The van der Waals surface area contributed by atoms with Gasteiger partial charge < -0.3 is 14.8 Å². The maximum absolute atomic E-state index is 12.6. The Labute approximate surface area is 138 Å². The van der Waals surface area contributed by atoms with E-state index in [9.17, 15) is 9.59 Å². The lowest BCUT2D eigenvalue weighted by atomic mass is 10.1. The first-order valence-corrected chi connectivity index (χ1v) is 7.61. The molecule has 24 heavy (non-hydrogen) atoms. The average Bonchev–Trinajstić information content (AvgIpc) is 3.05. The number of ether oxygens (including phenoxy) is 1. The van der Waals surface area contributed by atoms with Crippen LogP contribution in [0.5, 0.6) is 0 Å². The predicted octanol–water partition coefficient (Wildman–Crippen LogP) is 3.09. The van der Waals surface area contributed by atoms with Gasteiger partial charge in [0.15, 0.2) is 6.10 Å². The molecule has 0 saturated heterocycles. The fourth-order valence-corrected chi connectivity index (χ4v) is 2.52. The molecule has 0 aliphatic heterocycles. The van der Waals surface area contributed by atoms with Crippen molar-refractivity contribution in [3.05, 3.63) is 71.4 Å². The van der Waals surface area contributed by atoms with Crippen molar-refractivity contribution >= 4 is 22.7 Å². The minimum absolute atomic E-state index is 0.0925. The number of nitrogens with one attached hydrogen (secondary N) is 1. The highest BCUT2D eigenvalue weighted by atomic mass is 16.5. The molecule has 2 N–H and O–H groups in total. The summed E-state index contributed by atoms with van der Waals surface area (Å²) < 4.78 is 5.28. The number of aromatic nitrogens is 1. The van der Waals surface area contributed by atoms with Gasteiger partial charge in [-0.05, 0) is 30.7 Å². The molecule has 0 aliphatic rings. The fraction of sp³-hybridized carbons (Fsp3) is 0.158. The van der Waals surface area contributed by atoms with E-state index in [1.54, 1.807) is 37.4 Å². The zero-order valence-corrected chi connectivity index (χ0v) is 13.2. The zero-order valence-electron chi connectivity index (χ0n) is 13.2. The highest BCUT2D eigenvalue weighted by Crippen LogP contribution is 2.20. The first kappa shape index (κ1) is 16.0. The number of H-pyrrole nitrogens is 1. The van der Waals surface area contributed by atoms with Gasteiger partial charge in [-0.1, -0.05) is 30.3 Å². The normalized spacial score (nSPS) is 12.1. The first-order chi connectivity index (χ1) is 11.6. The molecule has 0 radical (unpaired) electrons. The van der Waals surface area contributed by atoms with Gasteiger partial charge >= 0.3 is 5.97 Å². The van der Waals surface area contributed by atoms with Crippen LogP contribution in [0.15, 0.2) is 54.7 Å².